The summed E-state index contributed by atoms with van der Waals surface area (Å²) in [7, 11) is 0. The van der Waals surface area contributed by atoms with Crippen LogP contribution in [0.3, 0.4) is 0 Å². The predicted octanol–water partition coefficient (Wildman–Crippen LogP) is 5.93. The topological polar surface area (TPSA) is 25.2 Å². The van der Waals surface area contributed by atoms with Crippen LogP contribution in [0.2, 0.25) is 0 Å². The van der Waals surface area contributed by atoms with E-state index in [1.165, 1.54) is 48.7 Å². The monoisotopic (exact) mass is 335 g/mol. The van der Waals surface area contributed by atoms with Crippen LogP contribution >= 0.6 is 0 Å². The molecule has 2 saturated carbocycles. The fourth-order valence-corrected chi connectivity index (χ4v) is 4.25. The Balaban J connectivity index is 1.84. The number of hydrogen-bond donors (Lipinski definition) is 1. The van der Waals surface area contributed by atoms with Crippen molar-refractivity contribution < 1.29 is 9.50 Å². The summed E-state index contributed by atoms with van der Waals surface area (Å²) in [5.74, 6) is 1.35. The van der Waals surface area contributed by atoms with Crippen molar-refractivity contribution in [2.75, 3.05) is 0 Å². The second kappa shape index (κ2) is 5.35. The van der Waals surface area contributed by atoms with Crippen molar-refractivity contribution in [3.05, 3.63) is 59.0 Å². The molecule has 2 aliphatic rings. The van der Waals surface area contributed by atoms with E-state index in [1.54, 1.807) is 12.1 Å². The van der Waals surface area contributed by atoms with Crippen LogP contribution in [0.15, 0.2) is 36.4 Å². The highest BCUT2D eigenvalue weighted by molar-refractivity contribution is 5.89. The molecule has 0 aliphatic heterocycles. The Morgan fingerprint density at radius 1 is 1.00 bits per heavy atom. The van der Waals surface area contributed by atoms with Crippen LogP contribution in [0.25, 0.3) is 16.6 Å². The van der Waals surface area contributed by atoms with Crippen molar-refractivity contribution in [2.45, 2.75) is 50.9 Å². The molecule has 25 heavy (non-hydrogen) atoms. The maximum Gasteiger partial charge on any atom is 0.126 e. The summed E-state index contributed by atoms with van der Waals surface area (Å²) in [6.45, 7) is 1.82. The molecule has 128 valence electrons. The highest BCUT2D eigenvalue weighted by Gasteiger charge is 2.36. The highest BCUT2D eigenvalue weighted by atomic mass is 19.1. The van der Waals surface area contributed by atoms with Crippen molar-refractivity contribution in [3.8, 4) is 11.4 Å². The number of aryl methyl sites for hydroxylation is 1. The second-order valence-corrected chi connectivity index (χ2v) is 7.67. The minimum Gasteiger partial charge on any atom is -0.508 e. The Morgan fingerprint density at radius 2 is 1.80 bits per heavy atom. The number of hydrogen-bond acceptors (Lipinski definition) is 1. The van der Waals surface area contributed by atoms with E-state index >= 15 is 0 Å². The molecule has 0 bridgehead atoms. The third kappa shape index (κ3) is 2.29. The van der Waals surface area contributed by atoms with Gasteiger partial charge >= 0.3 is 0 Å². The van der Waals surface area contributed by atoms with Crippen LogP contribution in [0.5, 0.6) is 5.75 Å². The summed E-state index contributed by atoms with van der Waals surface area (Å²) >= 11 is 0. The average molecular weight is 335 g/mol. The molecule has 0 unspecified atom stereocenters. The number of aromatic hydroxyl groups is 1. The Bertz CT molecular complexity index is 979. The SMILES string of the molecule is Cc1cc(-n2c(C3CC3)c(C3CCC3)c3cc(O)ccc32)ccc1F. The molecule has 0 atom stereocenters. The molecule has 0 amide bonds. The molecule has 3 aromatic rings. The summed E-state index contributed by atoms with van der Waals surface area (Å²) in [6.07, 6.45) is 6.20. The van der Waals surface area contributed by atoms with Gasteiger partial charge in [-0.15, -0.1) is 0 Å². The summed E-state index contributed by atoms with van der Waals surface area (Å²) in [5, 5.41) is 11.2. The summed E-state index contributed by atoms with van der Waals surface area (Å²) in [6, 6.07) is 11.1. The van der Waals surface area contributed by atoms with Crippen LogP contribution in [0.1, 0.15) is 60.8 Å². The van der Waals surface area contributed by atoms with E-state index in [1.807, 2.05) is 31.2 Å². The Hall–Kier alpha value is -2.29. The summed E-state index contributed by atoms with van der Waals surface area (Å²) < 4.78 is 16.1. The first-order valence-corrected chi connectivity index (χ1v) is 9.27. The lowest BCUT2D eigenvalue weighted by Gasteiger charge is -2.27. The third-order valence-electron chi connectivity index (χ3n) is 5.91. The standard InChI is InChI=1S/C22H22FNO/c1-13-11-16(7-9-19(13)23)24-20-10-8-17(25)12-18(20)21(14-3-2-4-14)22(24)15-5-6-15/h7-12,14-15,25H,2-6H2,1H3. The molecule has 5 rings (SSSR count). The van der Waals surface area contributed by atoms with Gasteiger partial charge in [0.25, 0.3) is 0 Å². The van der Waals surface area contributed by atoms with Gasteiger partial charge in [-0.2, -0.15) is 0 Å². The van der Waals surface area contributed by atoms with Crippen molar-refractivity contribution >= 4 is 10.9 Å². The highest BCUT2D eigenvalue weighted by Crippen LogP contribution is 2.52. The molecule has 1 aromatic heterocycles. The number of benzene rings is 2. The number of rotatable bonds is 3. The van der Waals surface area contributed by atoms with Gasteiger partial charge in [0.05, 0.1) is 5.52 Å². The number of phenolic OH excluding ortho intramolecular Hbond substituents is 1. The number of phenols is 1. The van der Waals surface area contributed by atoms with Gasteiger partial charge in [0.15, 0.2) is 0 Å². The largest absolute Gasteiger partial charge is 0.508 e. The average Bonchev–Trinajstić information content (AvgIpc) is 3.33. The van der Waals surface area contributed by atoms with E-state index in [-0.39, 0.29) is 5.82 Å². The Kier molecular flexibility index (Phi) is 3.21. The number of halogens is 1. The summed E-state index contributed by atoms with van der Waals surface area (Å²) in [5.41, 5.74) is 5.66. The first-order valence-electron chi connectivity index (χ1n) is 9.27. The zero-order valence-corrected chi connectivity index (χ0v) is 14.4. The van der Waals surface area contributed by atoms with Gasteiger partial charge in [-0.1, -0.05) is 6.42 Å². The minimum atomic E-state index is -0.162. The maximum atomic E-state index is 13.8. The molecule has 1 heterocycles. The molecular formula is C22H22FNO. The fourth-order valence-electron chi connectivity index (χ4n) is 4.25. The zero-order chi connectivity index (χ0) is 17.1. The molecular weight excluding hydrogens is 313 g/mol. The van der Waals surface area contributed by atoms with E-state index in [2.05, 4.69) is 4.57 Å². The van der Waals surface area contributed by atoms with E-state index in [9.17, 15) is 9.50 Å². The lowest BCUT2D eigenvalue weighted by atomic mass is 9.78. The Morgan fingerprint density at radius 3 is 2.44 bits per heavy atom. The van der Waals surface area contributed by atoms with Gasteiger partial charge in [-0.25, -0.2) is 4.39 Å². The van der Waals surface area contributed by atoms with Crippen molar-refractivity contribution in [3.63, 3.8) is 0 Å². The lowest BCUT2D eigenvalue weighted by Crippen LogP contribution is -2.11. The van der Waals surface area contributed by atoms with Crippen LogP contribution in [-0.4, -0.2) is 9.67 Å². The van der Waals surface area contributed by atoms with Crippen LogP contribution < -0.4 is 0 Å². The predicted molar refractivity (Wildman–Crippen MR) is 98.2 cm³/mol. The molecule has 2 nitrogen and oxygen atoms in total. The van der Waals surface area contributed by atoms with Crippen molar-refractivity contribution in [1.29, 1.82) is 0 Å². The van der Waals surface area contributed by atoms with Gasteiger partial charge in [-0.3, -0.25) is 0 Å². The van der Waals surface area contributed by atoms with E-state index in [0.29, 0.717) is 23.1 Å². The minimum absolute atomic E-state index is 0.162. The van der Waals surface area contributed by atoms with E-state index in [4.69, 9.17) is 0 Å². The van der Waals surface area contributed by atoms with Crippen molar-refractivity contribution in [2.24, 2.45) is 0 Å². The molecule has 0 spiro atoms. The first kappa shape index (κ1) is 15.0. The smallest absolute Gasteiger partial charge is 0.126 e. The lowest BCUT2D eigenvalue weighted by molar-refractivity contribution is 0.419. The van der Waals surface area contributed by atoms with Crippen LogP contribution in [-0.2, 0) is 0 Å². The molecule has 3 heteroatoms. The molecule has 0 radical (unpaired) electrons. The molecule has 2 aliphatic carbocycles. The van der Waals surface area contributed by atoms with Crippen LogP contribution in [0, 0.1) is 12.7 Å². The zero-order valence-electron chi connectivity index (χ0n) is 14.4. The molecule has 2 aromatic carbocycles. The van der Waals surface area contributed by atoms with Gasteiger partial charge < -0.3 is 9.67 Å². The van der Waals surface area contributed by atoms with Gasteiger partial charge in [0.1, 0.15) is 11.6 Å². The number of fused-ring (bicyclic) bond motifs is 1. The van der Waals surface area contributed by atoms with Gasteiger partial charge in [0.2, 0.25) is 0 Å². The van der Waals surface area contributed by atoms with Crippen molar-refractivity contribution in [1.82, 2.24) is 4.57 Å². The summed E-state index contributed by atoms with van der Waals surface area (Å²) in [4.78, 5) is 0. The quantitative estimate of drug-likeness (QED) is 0.630. The number of nitrogens with zero attached hydrogens (tertiary/aromatic N) is 1. The van der Waals surface area contributed by atoms with Gasteiger partial charge in [0, 0.05) is 16.8 Å². The fraction of sp³-hybridized carbons (Fsp3) is 0.364. The van der Waals surface area contributed by atoms with E-state index < -0.39 is 0 Å². The number of aromatic nitrogens is 1. The second-order valence-electron chi connectivity index (χ2n) is 7.67. The maximum absolute atomic E-state index is 13.8. The van der Waals surface area contributed by atoms with Gasteiger partial charge in [-0.05, 0) is 92.0 Å². The molecule has 2 fully saturated rings. The third-order valence-corrected chi connectivity index (χ3v) is 5.91. The first-order chi connectivity index (χ1) is 12.1. The van der Waals surface area contributed by atoms with E-state index in [0.717, 1.165) is 11.2 Å². The molecule has 0 saturated heterocycles. The van der Waals surface area contributed by atoms with Crippen LogP contribution in [0.4, 0.5) is 4.39 Å². The Labute approximate surface area is 146 Å². The normalized spacial score (nSPS) is 17.8. The molecule has 1 N–H and O–H groups in total.